The highest BCUT2D eigenvalue weighted by molar-refractivity contribution is 5.76. The van der Waals surface area contributed by atoms with Crippen LogP contribution in [-0.4, -0.2) is 32.3 Å². The molecule has 2 aliphatic carbocycles. The van der Waals surface area contributed by atoms with Crippen LogP contribution in [0.3, 0.4) is 0 Å². The molecule has 2 bridgehead atoms. The standard InChI is InChI=1S/C25H37NO4/c1-6-8-21(27)26-23-24(3,4)17-14-18-22(30-12-11-25(18,23)15-17)16-9-10-19(29-7-2)20(13-16)28-5/h9-10,13,17-18,22-23H,6-8,11-12,14-15H2,1-5H3,(H,26,27)/t17-,18-,22-,23+,25-/m1/s1. The Bertz CT molecular complexity index is 791. The number of rotatable bonds is 7. The molecule has 1 aliphatic heterocycles. The molecule has 1 saturated heterocycles. The first-order chi connectivity index (χ1) is 14.4. The van der Waals surface area contributed by atoms with Crippen LogP contribution in [-0.2, 0) is 9.53 Å². The molecule has 3 aliphatic rings. The van der Waals surface area contributed by atoms with E-state index >= 15 is 0 Å². The molecule has 3 fully saturated rings. The third-order valence-corrected chi connectivity index (χ3v) is 8.10. The number of carbonyl (C=O) groups is 1. The zero-order chi connectivity index (χ0) is 21.5. The maximum atomic E-state index is 12.6. The van der Waals surface area contributed by atoms with E-state index in [1.807, 2.05) is 13.0 Å². The first-order valence-electron chi connectivity index (χ1n) is 11.6. The number of ether oxygens (including phenoxy) is 3. The SMILES string of the molecule is CCCC(=O)N[C@H]1C(C)(C)[C@@H]2C[C@@H]3[C@@H](c4ccc(OCC)c(OC)c4)OCC[C@@]31C2. The molecular formula is C25H37NO4. The van der Waals surface area contributed by atoms with E-state index in [2.05, 4.69) is 38.2 Å². The van der Waals surface area contributed by atoms with E-state index < -0.39 is 0 Å². The summed E-state index contributed by atoms with van der Waals surface area (Å²) < 4.78 is 17.7. The van der Waals surface area contributed by atoms with E-state index in [0.717, 1.165) is 42.9 Å². The van der Waals surface area contributed by atoms with Gasteiger partial charge in [-0.25, -0.2) is 0 Å². The molecule has 1 heterocycles. The summed E-state index contributed by atoms with van der Waals surface area (Å²) in [5, 5.41) is 3.47. The highest BCUT2D eigenvalue weighted by Gasteiger charge is 2.68. The molecule has 0 aromatic heterocycles. The summed E-state index contributed by atoms with van der Waals surface area (Å²) in [4.78, 5) is 12.6. The minimum Gasteiger partial charge on any atom is -0.493 e. The lowest BCUT2D eigenvalue weighted by atomic mass is 9.59. The van der Waals surface area contributed by atoms with E-state index in [1.165, 1.54) is 6.42 Å². The van der Waals surface area contributed by atoms with Crippen LogP contribution in [0.15, 0.2) is 18.2 Å². The molecule has 1 amide bonds. The Kier molecular flexibility index (Phi) is 5.78. The topological polar surface area (TPSA) is 56.8 Å². The van der Waals surface area contributed by atoms with Crippen molar-refractivity contribution in [2.45, 2.75) is 71.9 Å². The molecule has 0 unspecified atom stereocenters. The zero-order valence-corrected chi connectivity index (χ0v) is 19.1. The molecule has 1 aromatic carbocycles. The predicted octanol–water partition coefficient (Wildman–Crippen LogP) is 4.89. The van der Waals surface area contributed by atoms with Gasteiger partial charge in [-0.15, -0.1) is 0 Å². The van der Waals surface area contributed by atoms with Gasteiger partial charge in [-0.05, 0) is 73.0 Å². The number of methoxy groups -OCH3 is 1. The zero-order valence-electron chi connectivity index (χ0n) is 19.1. The van der Waals surface area contributed by atoms with Gasteiger partial charge in [0.25, 0.3) is 0 Å². The molecule has 4 rings (SSSR count). The van der Waals surface area contributed by atoms with Crippen molar-refractivity contribution < 1.29 is 19.0 Å². The molecule has 0 radical (unpaired) electrons. The van der Waals surface area contributed by atoms with Crippen LogP contribution in [0.5, 0.6) is 11.5 Å². The van der Waals surface area contributed by atoms with Crippen LogP contribution in [0.1, 0.15) is 71.5 Å². The summed E-state index contributed by atoms with van der Waals surface area (Å²) in [5.41, 5.74) is 1.40. The van der Waals surface area contributed by atoms with Gasteiger partial charge in [0, 0.05) is 19.1 Å². The molecule has 5 nitrogen and oxygen atoms in total. The van der Waals surface area contributed by atoms with Crippen LogP contribution in [0.4, 0.5) is 0 Å². The van der Waals surface area contributed by atoms with Crippen molar-refractivity contribution in [3.05, 3.63) is 23.8 Å². The number of hydrogen-bond donors (Lipinski definition) is 1. The Morgan fingerprint density at radius 2 is 2.07 bits per heavy atom. The number of nitrogens with one attached hydrogen (secondary N) is 1. The second kappa shape index (κ2) is 8.07. The fourth-order valence-electron chi connectivity index (χ4n) is 6.71. The molecule has 166 valence electrons. The van der Waals surface area contributed by atoms with Crippen molar-refractivity contribution in [1.29, 1.82) is 0 Å². The quantitative estimate of drug-likeness (QED) is 0.689. The fraction of sp³-hybridized carbons (Fsp3) is 0.720. The largest absolute Gasteiger partial charge is 0.493 e. The Labute approximate surface area is 180 Å². The molecule has 1 N–H and O–H groups in total. The molecule has 5 heteroatoms. The number of fused-ring (bicyclic) bond motifs is 1. The first-order valence-corrected chi connectivity index (χ1v) is 11.6. The minimum absolute atomic E-state index is 0.0370. The van der Waals surface area contributed by atoms with Crippen LogP contribution in [0, 0.1) is 22.7 Å². The minimum atomic E-state index is 0.0370. The Balaban J connectivity index is 1.65. The summed E-state index contributed by atoms with van der Waals surface area (Å²) >= 11 is 0. The highest BCUT2D eigenvalue weighted by Crippen LogP contribution is 2.70. The van der Waals surface area contributed by atoms with E-state index in [4.69, 9.17) is 14.2 Å². The van der Waals surface area contributed by atoms with E-state index in [-0.39, 0.29) is 28.9 Å². The van der Waals surface area contributed by atoms with Crippen molar-refractivity contribution in [2.24, 2.45) is 22.7 Å². The van der Waals surface area contributed by atoms with Crippen molar-refractivity contribution in [2.75, 3.05) is 20.3 Å². The summed E-state index contributed by atoms with van der Waals surface area (Å²) in [6.45, 7) is 10.1. The monoisotopic (exact) mass is 415 g/mol. The van der Waals surface area contributed by atoms with Gasteiger partial charge in [-0.2, -0.15) is 0 Å². The highest BCUT2D eigenvalue weighted by atomic mass is 16.5. The van der Waals surface area contributed by atoms with Gasteiger partial charge in [0.1, 0.15) is 0 Å². The van der Waals surface area contributed by atoms with Crippen LogP contribution < -0.4 is 14.8 Å². The van der Waals surface area contributed by atoms with Crippen molar-refractivity contribution in [3.8, 4) is 11.5 Å². The maximum Gasteiger partial charge on any atom is 0.220 e. The van der Waals surface area contributed by atoms with Crippen LogP contribution in [0.25, 0.3) is 0 Å². The van der Waals surface area contributed by atoms with Crippen molar-refractivity contribution in [3.63, 3.8) is 0 Å². The average molecular weight is 416 g/mol. The number of amides is 1. The lowest BCUT2D eigenvalue weighted by molar-refractivity contribution is -0.137. The normalized spacial score (nSPS) is 33.8. The number of benzene rings is 1. The molecule has 5 atom stereocenters. The van der Waals surface area contributed by atoms with E-state index in [1.54, 1.807) is 7.11 Å². The van der Waals surface area contributed by atoms with Gasteiger partial charge >= 0.3 is 0 Å². The maximum absolute atomic E-state index is 12.6. The van der Waals surface area contributed by atoms with E-state index in [9.17, 15) is 4.79 Å². The van der Waals surface area contributed by atoms with Crippen molar-refractivity contribution >= 4 is 5.91 Å². The molecule has 30 heavy (non-hydrogen) atoms. The lowest BCUT2D eigenvalue weighted by Gasteiger charge is -2.53. The lowest BCUT2D eigenvalue weighted by Crippen LogP contribution is -2.58. The third-order valence-electron chi connectivity index (χ3n) is 8.10. The predicted molar refractivity (Wildman–Crippen MR) is 117 cm³/mol. The molecule has 1 aromatic rings. The fourth-order valence-corrected chi connectivity index (χ4v) is 6.71. The van der Waals surface area contributed by atoms with Crippen LogP contribution >= 0.6 is 0 Å². The third kappa shape index (κ3) is 3.30. The molecular weight excluding hydrogens is 378 g/mol. The van der Waals surface area contributed by atoms with Crippen molar-refractivity contribution in [1.82, 2.24) is 5.32 Å². The Hall–Kier alpha value is -1.75. The Morgan fingerprint density at radius 3 is 2.77 bits per heavy atom. The second-order valence-corrected chi connectivity index (χ2v) is 9.93. The van der Waals surface area contributed by atoms with Gasteiger partial charge in [-0.3, -0.25) is 4.79 Å². The number of hydrogen-bond acceptors (Lipinski definition) is 4. The van der Waals surface area contributed by atoms with Gasteiger partial charge in [-0.1, -0.05) is 26.8 Å². The summed E-state index contributed by atoms with van der Waals surface area (Å²) in [6, 6.07) is 6.42. The van der Waals surface area contributed by atoms with Gasteiger partial charge in [0.2, 0.25) is 5.91 Å². The Morgan fingerprint density at radius 1 is 1.27 bits per heavy atom. The van der Waals surface area contributed by atoms with Gasteiger partial charge in [0.05, 0.1) is 19.8 Å². The van der Waals surface area contributed by atoms with Crippen LogP contribution in [0.2, 0.25) is 0 Å². The van der Waals surface area contributed by atoms with Gasteiger partial charge < -0.3 is 19.5 Å². The smallest absolute Gasteiger partial charge is 0.220 e. The van der Waals surface area contributed by atoms with E-state index in [0.29, 0.717) is 24.9 Å². The van der Waals surface area contributed by atoms with Gasteiger partial charge in [0.15, 0.2) is 11.5 Å². The molecule has 2 saturated carbocycles. The first kappa shape index (κ1) is 21.5. The summed E-state index contributed by atoms with van der Waals surface area (Å²) in [5.74, 6) is 2.76. The summed E-state index contributed by atoms with van der Waals surface area (Å²) in [6.07, 6.45) is 4.91. The molecule has 1 spiro atoms. The average Bonchev–Trinajstić information content (AvgIpc) is 3.21. The summed E-state index contributed by atoms with van der Waals surface area (Å²) in [7, 11) is 1.68. The number of carbonyl (C=O) groups excluding carboxylic acids is 1. The second-order valence-electron chi connectivity index (χ2n) is 9.93.